The van der Waals surface area contributed by atoms with Crippen molar-refractivity contribution >= 4 is 17.4 Å². The number of nitrogens with two attached hydrogens (primary N) is 1. The number of ketones is 1. The Morgan fingerprint density at radius 2 is 1.87 bits per heavy atom. The standard InChI is InChI=1S/C19H22ClNO2/c1-12(10-14-6-8-15(9-7-14)13(2)22)18(21)19(23)16-4-3-5-17(20)11-16/h3-9,11-12,18-19,23H,10,21H2,1-2H3. The van der Waals surface area contributed by atoms with Crippen LogP contribution in [0.2, 0.25) is 5.02 Å². The molecule has 0 fully saturated rings. The number of aliphatic hydroxyl groups excluding tert-OH is 1. The minimum atomic E-state index is -0.764. The summed E-state index contributed by atoms with van der Waals surface area (Å²) >= 11 is 5.96. The Balaban J connectivity index is 2.04. The Kier molecular flexibility index (Phi) is 5.94. The maximum absolute atomic E-state index is 11.3. The second-order valence-corrected chi connectivity index (χ2v) is 6.45. The van der Waals surface area contributed by atoms with E-state index in [1.165, 1.54) is 0 Å². The van der Waals surface area contributed by atoms with Crippen molar-refractivity contribution < 1.29 is 9.90 Å². The third-order valence-corrected chi connectivity index (χ3v) is 4.37. The van der Waals surface area contributed by atoms with Crippen molar-refractivity contribution in [3.63, 3.8) is 0 Å². The number of aliphatic hydroxyl groups is 1. The Hall–Kier alpha value is -1.68. The van der Waals surface area contributed by atoms with Crippen LogP contribution in [0.5, 0.6) is 0 Å². The summed E-state index contributed by atoms with van der Waals surface area (Å²) in [7, 11) is 0. The van der Waals surface area contributed by atoms with E-state index in [9.17, 15) is 9.90 Å². The number of hydrogen-bond acceptors (Lipinski definition) is 3. The first-order chi connectivity index (χ1) is 10.9. The average Bonchev–Trinajstić information content (AvgIpc) is 2.54. The van der Waals surface area contributed by atoms with Crippen LogP contribution in [-0.2, 0) is 6.42 Å². The van der Waals surface area contributed by atoms with E-state index in [2.05, 4.69) is 0 Å². The Morgan fingerprint density at radius 3 is 2.43 bits per heavy atom. The molecule has 0 heterocycles. The van der Waals surface area contributed by atoms with Crippen LogP contribution < -0.4 is 5.73 Å². The van der Waals surface area contributed by atoms with E-state index >= 15 is 0 Å². The van der Waals surface area contributed by atoms with Crippen LogP contribution >= 0.6 is 11.6 Å². The summed E-state index contributed by atoms with van der Waals surface area (Å²) in [6.45, 7) is 3.56. The summed E-state index contributed by atoms with van der Waals surface area (Å²) in [5.41, 5.74) is 8.74. The summed E-state index contributed by atoms with van der Waals surface area (Å²) < 4.78 is 0. The van der Waals surface area contributed by atoms with E-state index in [4.69, 9.17) is 17.3 Å². The quantitative estimate of drug-likeness (QED) is 0.792. The second-order valence-electron chi connectivity index (χ2n) is 6.01. The van der Waals surface area contributed by atoms with Crippen molar-refractivity contribution in [3.8, 4) is 0 Å². The highest BCUT2D eigenvalue weighted by Crippen LogP contribution is 2.25. The second kappa shape index (κ2) is 7.73. The molecule has 0 radical (unpaired) electrons. The molecule has 0 aliphatic heterocycles. The van der Waals surface area contributed by atoms with Gasteiger partial charge in [0.25, 0.3) is 0 Å². The van der Waals surface area contributed by atoms with Gasteiger partial charge in [-0.2, -0.15) is 0 Å². The summed E-state index contributed by atoms with van der Waals surface area (Å²) in [6.07, 6.45) is -0.0306. The number of rotatable bonds is 6. The lowest BCUT2D eigenvalue weighted by atomic mass is 9.88. The number of halogens is 1. The molecular weight excluding hydrogens is 310 g/mol. The smallest absolute Gasteiger partial charge is 0.159 e. The predicted octanol–water partition coefficient (Wildman–Crippen LogP) is 3.78. The lowest BCUT2D eigenvalue weighted by Crippen LogP contribution is -2.36. The van der Waals surface area contributed by atoms with Crippen molar-refractivity contribution in [2.45, 2.75) is 32.4 Å². The predicted molar refractivity (Wildman–Crippen MR) is 93.7 cm³/mol. The van der Waals surface area contributed by atoms with Crippen LogP contribution in [0.15, 0.2) is 48.5 Å². The van der Waals surface area contributed by atoms with E-state index in [1.54, 1.807) is 25.1 Å². The summed E-state index contributed by atoms with van der Waals surface area (Å²) in [6, 6.07) is 14.2. The van der Waals surface area contributed by atoms with Crippen molar-refractivity contribution in [1.29, 1.82) is 0 Å². The van der Waals surface area contributed by atoms with E-state index in [0.29, 0.717) is 10.6 Å². The molecule has 3 nitrogen and oxygen atoms in total. The third kappa shape index (κ3) is 4.64. The van der Waals surface area contributed by atoms with E-state index in [-0.39, 0.29) is 11.7 Å². The molecule has 0 aromatic heterocycles. The highest BCUT2D eigenvalue weighted by Gasteiger charge is 2.23. The zero-order valence-corrected chi connectivity index (χ0v) is 14.1. The number of Topliss-reactive ketones (excluding diaryl/α,β-unsaturated/α-hetero) is 1. The molecule has 2 aromatic rings. The molecule has 0 saturated carbocycles. The van der Waals surface area contributed by atoms with E-state index in [0.717, 1.165) is 17.5 Å². The molecule has 3 unspecified atom stereocenters. The van der Waals surface area contributed by atoms with E-state index < -0.39 is 12.1 Å². The molecule has 0 amide bonds. The first kappa shape index (κ1) is 17.7. The van der Waals surface area contributed by atoms with Gasteiger partial charge in [0.15, 0.2) is 5.78 Å². The van der Waals surface area contributed by atoms with Crippen LogP contribution in [0.1, 0.15) is 41.4 Å². The number of hydrogen-bond donors (Lipinski definition) is 2. The van der Waals surface area contributed by atoms with Gasteiger partial charge in [0.05, 0.1) is 6.10 Å². The molecule has 4 heteroatoms. The molecule has 0 aliphatic rings. The number of benzene rings is 2. The molecule has 122 valence electrons. The minimum absolute atomic E-state index is 0.0534. The highest BCUT2D eigenvalue weighted by molar-refractivity contribution is 6.30. The monoisotopic (exact) mass is 331 g/mol. The molecule has 3 N–H and O–H groups in total. The summed E-state index contributed by atoms with van der Waals surface area (Å²) in [5.74, 6) is 0.129. The maximum atomic E-state index is 11.3. The van der Waals surface area contributed by atoms with Crippen LogP contribution in [-0.4, -0.2) is 16.9 Å². The first-order valence-corrected chi connectivity index (χ1v) is 8.05. The lowest BCUT2D eigenvalue weighted by molar-refractivity contribution is 0.101. The third-order valence-electron chi connectivity index (χ3n) is 4.13. The van der Waals surface area contributed by atoms with Gasteiger partial charge in [0.1, 0.15) is 0 Å². The van der Waals surface area contributed by atoms with Crippen molar-refractivity contribution in [1.82, 2.24) is 0 Å². The average molecular weight is 332 g/mol. The van der Waals surface area contributed by atoms with Crippen LogP contribution in [0, 0.1) is 5.92 Å². The zero-order valence-electron chi connectivity index (χ0n) is 13.4. The van der Waals surface area contributed by atoms with Crippen molar-refractivity contribution in [2.24, 2.45) is 11.7 Å². The van der Waals surface area contributed by atoms with Gasteiger partial charge in [-0.3, -0.25) is 4.79 Å². The molecule has 23 heavy (non-hydrogen) atoms. The summed E-state index contributed by atoms with van der Waals surface area (Å²) in [5, 5.41) is 11.0. The molecule has 0 bridgehead atoms. The minimum Gasteiger partial charge on any atom is -0.387 e. The van der Waals surface area contributed by atoms with E-state index in [1.807, 2.05) is 37.3 Å². The van der Waals surface area contributed by atoms with Crippen molar-refractivity contribution in [3.05, 3.63) is 70.2 Å². The highest BCUT2D eigenvalue weighted by atomic mass is 35.5. The van der Waals surface area contributed by atoms with Gasteiger partial charge < -0.3 is 10.8 Å². The SMILES string of the molecule is CC(=O)c1ccc(CC(C)C(N)C(O)c2cccc(Cl)c2)cc1. The van der Waals surface area contributed by atoms with Gasteiger partial charge in [-0.25, -0.2) is 0 Å². The largest absolute Gasteiger partial charge is 0.387 e. The van der Waals surface area contributed by atoms with Gasteiger partial charge in [0, 0.05) is 16.6 Å². The fourth-order valence-corrected chi connectivity index (χ4v) is 2.81. The molecule has 2 rings (SSSR count). The van der Waals surface area contributed by atoms with Crippen molar-refractivity contribution in [2.75, 3.05) is 0 Å². The van der Waals surface area contributed by atoms with Gasteiger partial charge in [-0.1, -0.05) is 54.9 Å². The molecule has 0 saturated heterocycles. The lowest BCUT2D eigenvalue weighted by Gasteiger charge is -2.25. The van der Waals surface area contributed by atoms with Crippen LogP contribution in [0.4, 0.5) is 0 Å². The Morgan fingerprint density at radius 1 is 1.22 bits per heavy atom. The maximum Gasteiger partial charge on any atom is 0.159 e. The molecule has 3 atom stereocenters. The molecule has 2 aromatic carbocycles. The normalized spacial score (nSPS) is 15.0. The van der Waals surface area contributed by atoms with Gasteiger partial charge >= 0.3 is 0 Å². The topological polar surface area (TPSA) is 63.3 Å². The van der Waals surface area contributed by atoms with Gasteiger partial charge in [-0.15, -0.1) is 0 Å². The van der Waals surface area contributed by atoms with Crippen LogP contribution in [0.25, 0.3) is 0 Å². The number of carbonyl (C=O) groups is 1. The fraction of sp³-hybridized carbons (Fsp3) is 0.316. The van der Waals surface area contributed by atoms with Gasteiger partial charge in [-0.05, 0) is 42.5 Å². The fourth-order valence-electron chi connectivity index (χ4n) is 2.61. The first-order valence-electron chi connectivity index (χ1n) is 7.67. The molecule has 0 spiro atoms. The Bertz CT molecular complexity index is 669. The Labute approximate surface area is 142 Å². The molecular formula is C19H22ClNO2. The zero-order chi connectivity index (χ0) is 17.0. The summed E-state index contributed by atoms with van der Waals surface area (Å²) in [4.78, 5) is 11.3. The molecule has 0 aliphatic carbocycles. The number of carbonyl (C=O) groups excluding carboxylic acids is 1. The van der Waals surface area contributed by atoms with Crippen LogP contribution in [0.3, 0.4) is 0 Å². The van der Waals surface area contributed by atoms with Gasteiger partial charge in [0.2, 0.25) is 0 Å².